The van der Waals surface area contributed by atoms with Crippen molar-refractivity contribution in [2.45, 2.75) is 176 Å². The van der Waals surface area contributed by atoms with Gasteiger partial charge in [-0.15, -0.1) is 0 Å². The van der Waals surface area contributed by atoms with Crippen LogP contribution in [0.15, 0.2) is 91.1 Å². The van der Waals surface area contributed by atoms with Gasteiger partial charge in [0, 0.05) is 45.8 Å². The van der Waals surface area contributed by atoms with Gasteiger partial charge in [-0.05, 0) is 132 Å². The molecule has 3 saturated carbocycles. The first kappa shape index (κ1) is 74.5. The summed E-state index contributed by atoms with van der Waals surface area (Å²) in [6.45, 7) is 0. The van der Waals surface area contributed by atoms with Crippen LogP contribution in [-0.2, 0) is 80.5 Å². The van der Waals surface area contributed by atoms with E-state index in [2.05, 4.69) is 37.8 Å². The topological polar surface area (TPSA) is 22.1 Å². The molecule has 4 aliphatic carbocycles. The fourth-order valence-electron chi connectivity index (χ4n) is 11.9. The van der Waals surface area contributed by atoms with Gasteiger partial charge in [-0.25, -0.2) is 0 Å². The monoisotopic (exact) mass is 1510 g/mol. The fourth-order valence-corrected chi connectivity index (χ4v) is 15.1. The molecule has 1 aromatic heterocycles. The molecular formula is C61H56BF24IrNOP-. The molecule has 0 bridgehead atoms. The Bertz CT molecular complexity index is 2670. The number of aryl methyl sites for hydroxylation is 1. The molecule has 2 nitrogen and oxygen atoms in total. The second-order valence-electron chi connectivity index (χ2n) is 22.3. The first-order valence-corrected chi connectivity index (χ1v) is 29.6. The van der Waals surface area contributed by atoms with E-state index >= 15 is 0 Å². The standard InChI is InChI=1S/C32H12BF24.C21H32NOP.C8H12.Ir/c34-25(35,36)13-1-14(26(37,38)39)6-21(5-13)33(22-7-15(27(40,41)42)2-16(8-22)28(43,44)45,23-9-17(29(46,47)48)3-18(10-23)30(49,50)51)24-11-19(31(52,53)54)4-20(12-24)32(55,56)57;1-3-11-18(12-4-1)24(19-13-5-2-6-14-19)23-20-15-7-9-17-10-8-16-22-21(17)20;1-2-4-6-8-7-5-3-1;/h1-12H;8,10,16,18-20H,1-7,9,11-15H2;1-2,7-8H,3-6H2;/q-1;;;/t;20-;;/m.1../s1. The molecule has 0 aliphatic heterocycles. The van der Waals surface area contributed by atoms with Gasteiger partial charge in [0.1, 0.15) is 12.2 Å². The normalized spacial score (nSPS) is 18.3. The van der Waals surface area contributed by atoms with E-state index in [-0.39, 0.29) is 34.4 Å². The van der Waals surface area contributed by atoms with Crippen LogP contribution in [-0.4, -0.2) is 22.4 Å². The Balaban J connectivity index is 0.000000316. The summed E-state index contributed by atoms with van der Waals surface area (Å²) < 4.78 is 348. The predicted octanol–water partition coefficient (Wildman–Crippen LogP) is 20.1. The summed E-state index contributed by atoms with van der Waals surface area (Å²) in [5.41, 5.74) is -25.8. The van der Waals surface area contributed by atoms with E-state index in [0.717, 1.165) is 11.3 Å². The number of alkyl halides is 24. The third-order valence-electron chi connectivity index (χ3n) is 16.0. The van der Waals surface area contributed by atoms with E-state index in [9.17, 15) is 105 Å². The molecule has 1 heterocycles. The van der Waals surface area contributed by atoms with E-state index in [0.29, 0.717) is 0 Å². The van der Waals surface area contributed by atoms with Crippen LogP contribution in [0.2, 0.25) is 0 Å². The van der Waals surface area contributed by atoms with Crippen LogP contribution in [0.5, 0.6) is 0 Å². The Morgan fingerprint density at radius 3 is 0.878 bits per heavy atom. The van der Waals surface area contributed by atoms with Gasteiger partial charge in [0.15, 0.2) is 0 Å². The molecule has 29 heteroatoms. The van der Waals surface area contributed by atoms with Gasteiger partial charge in [0.25, 0.3) is 0 Å². The van der Waals surface area contributed by atoms with E-state index in [1.807, 2.05) is 6.20 Å². The molecule has 0 N–H and O–H groups in total. The Morgan fingerprint density at radius 1 is 0.356 bits per heavy atom. The van der Waals surface area contributed by atoms with Crippen LogP contribution in [0.25, 0.3) is 0 Å². The number of rotatable bonds is 8. The third kappa shape index (κ3) is 19.1. The zero-order chi connectivity index (χ0) is 65.8. The van der Waals surface area contributed by atoms with Crippen molar-refractivity contribution < 1.29 is 130 Å². The number of halogens is 24. The SMILES string of the molecule is FC(F)(F)c1cc([B-](c2cc(C(F)(F)F)cc(C(F)(F)F)c2)(c2cc(C(F)(F)F)cc(C(F)(F)F)c2)c2cc(C(F)(F)F)cc(C(F)(F)F)c2)cc(C(F)(F)F)c1.[CH]1[CH]CC[CH][CH]CC1.[Ir].c1cnc2c(c1)CCC[C@H]2OP(C1CCCCC1)C1CCCCC1. The van der Waals surface area contributed by atoms with Crippen molar-refractivity contribution in [1.82, 2.24) is 4.98 Å². The fraction of sp³-hybridized carbons (Fsp3) is 0.459. The van der Waals surface area contributed by atoms with Gasteiger partial charge < -0.3 is 4.52 Å². The first-order valence-electron chi connectivity index (χ1n) is 28.2. The molecule has 4 aliphatic rings. The second-order valence-corrected chi connectivity index (χ2v) is 24.7. The molecule has 90 heavy (non-hydrogen) atoms. The molecule has 3 fully saturated rings. The van der Waals surface area contributed by atoms with Crippen LogP contribution in [0.1, 0.15) is 165 Å². The largest absolute Gasteiger partial charge is 0.416 e. The van der Waals surface area contributed by atoms with Crippen molar-refractivity contribution >= 4 is 36.1 Å². The molecular weight excluding hydrogens is 1450 g/mol. The molecule has 0 spiro atoms. The van der Waals surface area contributed by atoms with Crippen LogP contribution in [0.4, 0.5) is 105 Å². The van der Waals surface area contributed by atoms with Crippen molar-refractivity contribution in [1.29, 1.82) is 0 Å². The van der Waals surface area contributed by atoms with Crippen LogP contribution in [0.3, 0.4) is 0 Å². The van der Waals surface area contributed by atoms with Crippen LogP contribution in [0, 0.1) is 25.7 Å². The number of aromatic nitrogens is 1. The minimum Gasteiger partial charge on any atom is -0.349 e. The number of hydrogen-bond donors (Lipinski definition) is 0. The molecule has 0 amide bonds. The van der Waals surface area contributed by atoms with Crippen molar-refractivity contribution in [2.24, 2.45) is 0 Å². The smallest absolute Gasteiger partial charge is 0.349 e. The maximum atomic E-state index is 14.2. The molecule has 4 aromatic carbocycles. The molecule has 5 aromatic rings. The van der Waals surface area contributed by atoms with Crippen LogP contribution < -0.4 is 21.9 Å². The van der Waals surface area contributed by atoms with Crippen molar-refractivity contribution in [2.75, 3.05) is 0 Å². The second kappa shape index (κ2) is 29.4. The van der Waals surface area contributed by atoms with Gasteiger partial charge in [-0.2, -0.15) is 127 Å². The zero-order valence-electron chi connectivity index (χ0n) is 47.0. The molecule has 497 valence electrons. The number of pyridine rings is 1. The summed E-state index contributed by atoms with van der Waals surface area (Å²) in [5, 5.41) is 0. The maximum Gasteiger partial charge on any atom is 0.416 e. The number of nitrogens with zero attached hydrogens (tertiary/aromatic N) is 1. The molecule has 1 atom stereocenters. The summed E-state index contributed by atoms with van der Waals surface area (Å²) in [6.07, 6.45) is -20.6. The summed E-state index contributed by atoms with van der Waals surface area (Å²) in [4.78, 5) is 4.73. The third-order valence-corrected chi connectivity index (χ3v) is 19.0. The number of benzene rings is 4. The van der Waals surface area contributed by atoms with Crippen molar-refractivity contribution in [3.8, 4) is 0 Å². The minimum atomic E-state index is -6.13. The van der Waals surface area contributed by atoms with Gasteiger partial charge in [0.05, 0.1) is 50.2 Å². The Labute approximate surface area is 517 Å². The van der Waals surface area contributed by atoms with Crippen molar-refractivity contribution in [3.63, 3.8) is 0 Å². The Morgan fingerprint density at radius 2 is 0.622 bits per heavy atom. The molecule has 0 unspecified atom stereocenters. The minimum absolute atomic E-state index is 0. The summed E-state index contributed by atoms with van der Waals surface area (Å²) in [6, 6.07) is -4.46. The molecule has 5 radical (unpaired) electrons. The first-order chi connectivity index (χ1) is 41.2. The predicted molar refractivity (Wildman–Crippen MR) is 287 cm³/mol. The molecule has 0 saturated heterocycles. The summed E-state index contributed by atoms with van der Waals surface area (Å²) in [5.74, 6) is 0. The summed E-state index contributed by atoms with van der Waals surface area (Å²) >= 11 is 0. The van der Waals surface area contributed by atoms with E-state index in [1.54, 1.807) is 0 Å². The van der Waals surface area contributed by atoms with E-state index in [4.69, 9.17) is 9.51 Å². The van der Waals surface area contributed by atoms with Gasteiger partial charge in [0.2, 0.25) is 0 Å². The van der Waals surface area contributed by atoms with E-state index < -0.39 is 195 Å². The Kier molecular flexibility index (Phi) is 24.3. The maximum absolute atomic E-state index is 14.2. The molecule has 9 rings (SSSR count). The quantitative estimate of drug-likeness (QED) is 0.0878. The average molecular weight is 1510 g/mol. The van der Waals surface area contributed by atoms with Gasteiger partial charge in [-0.1, -0.05) is 93.1 Å². The average Bonchev–Trinajstić information content (AvgIpc) is 0.710. The van der Waals surface area contributed by atoms with Gasteiger partial charge in [-0.3, -0.25) is 4.98 Å². The number of hydrogen-bond acceptors (Lipinski definition) is 2. The number of fused-ring (bicyclic) bond motifs is 1. The van der Waals surface area contributed by atoms with Crippen LogP contribution >= 0.6 is 8.15 Å². The van der Waals surface area contributed by atoms with Crippen molar-refractivity contribution in [3.05, 3.63) is 173 Å². The van der Waals surface area contributed by atoms with Gasteiger partial charge >= 0.3 is 49.4 Å². The summed E-state index contributed by atoms with van der Waals surface area (Å²) in [7, 11) is -0.284. The Hall–Kier alpha value is -4.55. The zero-order valence-corrected chi connectivity index (χ0v) is 50.3. The van der Waals surface area contributed by atoms with E-state index in [1.165, 1.54) is 120 Å².